The zero-order chi connectivity index (χ0) is 39.5. The van der Waals surface area contributed by atoms with Crippen molar-refractivity contribution < 1.29 is 4.79 Å². The molecule has 13 heteroatoms. The smallest absolute Gasteiger partial charge is 0.233 e. The van der Waals surface area contributed by atoms with Gasteiger partial charge < -0.3 is 25.5 Å². The molecule has 5 N–H and O–H groups in total. The molecule has 2 spiro atoms. The number of rotatable bonds is 10. The van der Waals surface area contributed by atoms with Crippen molar-refractivity contribution in [3.63, 3.8) is 0 Å². The summed E-state index contributed by atoms with van der Waals surface area (Å²) in [6, 6.07) is 25.7. The number of carbonyl (C=O) groups excluding carboxylic acids is 1. The zero-order valence-corrected chi connectivity index (χ0v) is 33.7. The first-order valence-corrected chi connectivity index (χ1v) is 21.2. The van der Waals surface area contributed by atoms with Gasteiger partial charge in [0.2, 0.25) is 17.8 Å². The number of H-pyrrole nitrogens is 2. The van der Waals surface area contributed by atoms with Crippen molar-refractivity contribution in [2.45, 2.75) is 88.9 Å². The van der Waals surface area contributed by atoms with Gasteiger partial charge in [-0.2, -0.15) is 19.9 Å². The number of nitrogens with one attached hydrogen (secondary N) is 3. The fourth-order valence-corrected chi connectivity index (χ4v) is 9.08. The van der Waals surface area contributed by atoms with E-state index in [1.807, 2.05) is 18.5 Å². The quantitative estimate of drug-likeness (QED) is 0.113. The van der Waals surface area contributed by atoms with E-state index in [1.54, 1.807) is 0 Å². The molecule has 2 aromatic carbocycles. The molecule has 2 aliphatic carbocycles. The Morgan fingerprint density at radius 3 is 1.72 bits per heavy atom. The lowest BCUT2D eigenvalue weighted by Gasteiger charge is -2.32. The Kier molecular flexibility index (Phi) is 10.7. The summed E-state index contributed by atoms with van der Waals surface area (Å²) in [5.41, 5.74) is 10.8. The van der Waals surface area contributed by atoms with Crippen molar-refractivity contribution in [1.82, 2.24) is 39.7 Å². The second-order valence-electron chi connectivity index (χ2n) is 16.7. The topological polar surface area (TPSA) is 151 Å². The Morgan fingerprint density at radius 1 is 0.690 bits per heavy atom. The molecule has 13 nitrogen and oxygen atoms in total. The summed E-state index contributed by atoms with van der Waals surface area (Å²) in [7, 11) is 0. The predicted octanol–water partition coefficient (Wildman–Crippen LogP) is 7.12. The molecule has 302 valence electrons. The summed E-state index contributed by atoms with van der Waals surface area (Å²) in [5, 5.41) is 4.99. The summed E-state index contributed by atoms with van der Waals surface area (Å²) in [5.74, 6) is 2.61. The van der Waals surface area contributed by atoms with Crippen LogP contribution in [0.15, 0.2) is 85.2 Å². The van der Waals surface area contributed by atoms with Crippen LogP contribution in [0.3, 0.4) is 0 Å². The Bertz CT molecular complexity index is 2320. The molecule has 0 radical (unpaired) electrons. The highest BCUT2D eigenvalue weighted by atomic mass is 16.1. The highest BCUT2D eigenvalue weighted by Crippen LogP contribution is 2.47. The minimum atomic E-state index is -0.0210. The van der Waals surface area contributed by atoms with Gasteiger partial charge in [-0.25, -0.2) is 0 Å². The summed E-state index contributed by atoms with van der Waals surface area (Å²) in [6.07, 6.45) is 13.3. The number of aromatic nitrogens is 6. The first-order chi connectivity index (χ1) is 28.4. The fourth-order valence-electron chi connectivity index (χ4n) is 9.08. The lowest BCUT2D eigenvalue weighted by atomic mass is 10.1. The van der Waals surface area contributed by atoms with E-state index in [9.17, 15) is 4.79 Å². The van der Waals surface area contributed by atoms with Crippen molar-refractivity contribution in [3.05, 3.63) is 96.3 Å². The third-order valence-electron chi connectivity index (χ3n) is 12.5. The molecule has 0 unspecified atom stereocenters. The van der Waals surface area contributed by atoms with E-state index in [4.69, 9.17) is 10.7 Å². The molecular formula is C45H56N12O. The average Bonchev–Trinajstić information content (AvgIpc) is 4.12. The van der Waals surface area contributed by atoms with E-state index in [0.29, 0.717) is 18.3 Å². The van der Waals surface area contributed by atoms with Crippen molar-refractivity contribution in [1.29, 1.82) is 0 Å². The summed E-state index contributed by atoms with van der Waals surface area (Å²) in [6.45, 7) is 10.3. The van der Waals surface area contributed by atoms with E-state index in [0.717, 1.165) is 112 Å². The standard InChI is InChI=1S/C25H32N6O.C20H24N6/c1-2-3-10-21(32)27-24-28-22-20(11-14-26-22)23(29-24)30-15-7-16-31(25(18-30)12-13-25)17-19-8-5-4-6-9-19;21-19-23-17-16(7-10-22-17)18(24-19)25-11-4-12-26(20(14-25)8-9-20)13-15-5-2-1-3-6-15/h4-6,8-9,11,14H,2-3,7,10,12-13,15-18H2,1H3,(H2,26,27,28,29,32);1-3,5-7,10H,4,8-9,11-14H2,(H3,21,22,23,24). The third-order valence-corrected chi connectivity index (χ3v) is 12.5. The second-order valence-corrected chi connectivity index (χ2v) is 16.7. The largest absolute Gasteiger partial charge is 0.368 e. The van der Waals surface area contributed by atoms with Gasteiger partial charge in [-0.1, -0.05) is 74.0 Å². The van der Waals surface area contributed by atoms with Crippen molar-refractivity contribution in [2.24, 2.45) is 0 Å². The normalized spacial score (nSPS) is 18.8. The number of benzene rings is 2. The van der Waals surface area contributed by atoms with Crippen LogP contribution in [-0.4, -0.2) is 96.0 Å². The lowest BCUT2D eigenvalue weighted by Crippen LogP contribution is -2.43. The Hall–Kier alpha value is -5.53. The first kappa shape index (κ1) is 38.0. The number of nitrogens with two attached hydrogens (primary N) is 1. The molecule has 0 atom stereocenters. The number of unbranched alkanes of at least 4 members (excludes halogenated alkanes) is 1. The van der Waals surface area contributed by atoms with Crippen LogP contribution >= 0.6 is 0 Å². The van der Waals surface area contributed by atoms with Gasteiger partial charge in [0.15, 0.2) is 0 Å². The fraction of sp³-hybridized carbons (Fsp3) is 0.444. The minimum absolute atomic E-state index is 0.0210. The van der Waals surface area contributed by atoms with E-state index < -0.39 is 0 Å². The molecule has 0 bridgehead atoms. The van der Waals surface area contributed by atoms with Gasteiger partial charge in [0.25, 0.3) is 0 Å². The molecule has 4 fully saturated rings. The number of carbonyl (C=O) groups is 1. The number of amides is 1. The Morgan fingerprint density at radius 2 is 1.21 bits per heavy atom. The molecular weight excluding hydrogens is 725 g/mol. The summed E-state index contributed by atoms with van der Waals surface area (Å²) < 4.78 is 0. The molecule has 1 amide bonds. The summed E-state index contributed by atoms with van der Waals surface area (Å²) in [4.78, 5) is 47.2. The molecule has 2 saturated carbocycles. The van der Waals surface area contributed by atoms with E-state index >= 15 is 0 Å². The Labute approximate surface area is 340 Å². The van der Waals surface area contributed by atoms with E-state index in [2.05, 4.69) is 123 Å². The number of anilines is 4. The van der Waals surface area contributed by atoms with Crippen LogP contribution in [0.25, 0.3) is 22.1 Å². The van der Waals surface area contributed by atoms with Gasteiger partial charge >= 0.3 is 0 Å². The zero-order valence-electron chi connectivity index (χ0n) is 33.7. The van der Waals surface area contributed by atoms with E-state index in [1.165, 1.54) is 36.8 Å². The van der Waals surface area contributed by atoms with Gasteiger partial charge in [-0.05, 0) is 68.2 Å². The number of hydrogen-bond donors (Lipinski definition) is 4. The van der Waals surface area contributed by atoms with Crippen LogP contribution in [-0.2, 0) is 17.9 Å². The lowest BCUT2D eigenvalue weighted by molar-refractivity contribution is -0.116. The molecule has 10 rings (SSSR count). The molecule has 2 saturated heterocycles. The van der Waals surface area contributed by atoms with Crippen LogP contribution in [0, 0.1) is 0 Å². The van der Waals surface area contributed by atoms with Crippen LogP contribution in [0.4, 0.5) is 23.5 Å². The van der Waals surface area contributed by atoms with Gasteiger partial charge in [0.1, 0.15) is 22.9 Å². The number of nitrogens with zero attached hydrogens (tertiary/aromatic N) is 8. The maximum absolute atomic E-state index is 12.3. The number of nitrogen functional groups attached to an aromatic ring is 1. The average molecular weight is 781 g/mol. The van der Waals surface area contributed by atoms with Gasteiger partial charge in [0.05, 0.1) is 10.8 Å². The number of hydrogen-bond acceptors (Lipinski definition) is 10. The van der Waals surface area contributed by atoms with Gasteiger partial charge in [-0.15, -0.1) is 0 Å². The highest BCUT2D eigenvalue weighted by molar-refractivity contribution is 5.93. The minimum Gasteiger partial charge on any atom is -0.368 e. The third kappa shape index (κ3) is 8.23. The van der Waals surface area contributed by atoms with Crippen LogP contribution in [0.1, 0.15) is 75.8 Å². The molecule has 58 heavy (non-hydrogen) atoms. The molecule has 6 heterocycles. The van der Waals surface area contributed by atoms with Crippen LogP contribution < -0.4 is 20.9 Å². The number of fused-ring (bicyclic) bond motifs is 2. The first-order valence-electron chi connectivity index (χ1n) is 21.2. The van der Waals surface area contributed by atoms with E-state index in [-0.39, 0.29) is 17.0 Å². The Balaban J connectivity index is 0.000000153. The second kappa shape index (κ2) is 16.4. The van der Waals surface area contributed by atoms with Gasteiger partial charge in [-0.3, -0.25) is 19.9 Å². The van der Waals surface area contributed by atoms with Crippen molar-refractivity contribution >= 4 is 51.5 Å². The van der Waals surface area contributed by atoms with Crippen molar-refractivity contribution in [2.75, 3.05) is 60.1 Å². The van der Waals surface area contributed by atoms with Crippen molar-refractivity contribution in [3.8, 4) is 0 Å². The SMILES string of the molecule is CCCCC(=O)Nc1nc(N2CCCN(Cc3ccccc3)C3(CC3)C2)c2cc[nH]c2n1.Nc1nc(N2CCCN(Cc3ccccc3)C3(CC3)C2)c2cc[nH]c2n1. The van der Waals surface area contributed by atoms with Crippen LogP contribution in [0.5, 0.6) is 0 Å². The van der Waals surface area contributed by atoms with Gasteiger partial charge in [0, 0.05) is 82.3 Å². The monoisotopic (exact) mass is 780 g/mol. The highest BCUT2D eigenvalue weighted by Gasteiger charge is 2.51. The summed E-state index contributed by atoms with van der Waals surface area (Å²) >= 11 is 0. The van der Waals surface area contributed by atoms with Crippen LogP contribution in [0.2, 0.25) is 0 Å². The molecule has 4 aromatic heterocycles. The number of aromatic amines is 2. The maximum atomic E-state index is 12.3. The molecule has 2 aliphatic heterocycles. The predicted molar refractivity (Wildman–Crippen MR) is 232 cm³/mol. The maximum Gasteiger partial charge on any atom is 0.233 e. The molecule has 6 aromatic rings. The molecule has 4 aliphatic rings.